The summed E-state index contributed by atoms with van der Waals surface area (Å²) in [6.45, 7) is 2.22. The Kier molecular flexibility index (Phi) is 7.21. The van der Waals surface area contributed by atoms with Gasteiger partial charge in [0.15, 0.2) is 0 Å². The topological polar surface area (TPSA) is 103 Å². The lowest BCUT2D eigenvalue weighted by molar-refractivity contribution is -0.384. The first-order valence-electron chi connectivity index (χ1n) is 14.3. The number of hydrogen-bond acceptors (Lipinski definition) is 6. The molecule has 0 radical (unpaired) electrons. The second kappa shape index (κ2) is 11.0. The van der Waals surface area contributed by atoms with Crippen molar-refractivity contribution in [3.8, 4) is 5.75 Å². The molecule has 3 aromatic carbocycles. The fourth-order valence-electron chi connectivity index (χ4n) is 6.95. The highest BCUT2D eigenvalue weighted by molar-refractivity contribution is 5.91. The van der Waals surface area contributed by atoms with Crippen molar-refractivity contribution < 1.29 is 19.6 Å². The first-order valence-corrected chi connectivity index (χ1v) is 14.3. The quantitative estimate of drug-likeness (QED) is 0.116. The van der Waals surface area contributed by atoms with Gasteiger partial charge in [0.25, 0.3) is 5.69 Å². The first kappa shape index (κ1) is 27.5. The van der Waals surface area contributed by atoms with E-state index in [-0.39, 0.29) is 22.6 Å². The second-order valence-corrected chi connectivity index (χ2v) is 11.3. The monoisotopic (exact) mass is 560 g/mol. The van der Waals surface area contributed by atoms with E-state index in [1.54, 1.807) is 6.20 Å². The van der Waals surface area contributed by atoms with E-state index in [0.29, 0.717) is 24.3 Å². The van der Waals surface area contributed by atoms with Gasteiger partial charge in [-0.05, 0) is 96.7 Å². The zero-order chi connectivity index (χ0) is 29.3. The number of nitro benzene ring substituents is 1. The Morgan fingerprint density at radius 3 is 2.52 bits per heavy atom. The van der Waals surface area contributed by atoms with E-state index in [9.17, 15) is 20.0 Å². The molecular weight excluding hydrogens is 528 g/mol. The molecule has 2 aliphatic carbocycles. The molecule has 0 bridgehead atoms. The van der Waals surface area contributed by atoms with Crippen molar-refractivity contribution >= 4 is 17.7 Å². The average Bonchev–Trinajstić information content (AvgIpc) is 3.02. The number of nitro groups is 1. The molecule has 7 heteroatoms. The maximum absolute atomic E-state index is 12.8. The van der Waals surface area contributed by atoms with Crippen LogP contribution >= 0.6 is 0 Å². The number of benzene rings is 3. The molecule has 0 amide bonds. The van der Waals surface area contributed by atoms with Gasteiger partial charge >= 0.3 is 5.97 Å². The second-order valence-electron chi connectivity index (χ2n) is 11.3. The highest BCUT2D eigenvalue weighted by Crippen LogP contribution is 2.58. The molecule has 1 aromatic heterocycles. The molecule has 3 atom stereocenters. The first-order chi connectivity index (χ1) is 20.3. The van der Waals surface area contributed by atoms with Crippen LogP contribution in [0.2, 0.25) is 0 Å². The predicted molar refractivity (Wildman–Crippen MR) is 160 cm³/mol. The minimum absolute atomic E-state index is 0.0807. The van der Waals surface area contributed by atoms with Crippen molar-refractivity contribution in [2.24, 2.45) is 5.92 Å². The lowest BCUT2D eigenvalue weighted by Gasteiger charge is -2.54. The molecule has 1 N–H and O–H groups in total. The van der Waals surface area contributed by atoms with E-state index < -0.39 is 16.5 Å². The van der Waals surface area contributed by atoms with Crippen LogP contribution in [0.4, 0.5) is 5.69 Å². The summed E-state index contributed by atoms with van der Waals surface area (Å²) in [4.78, 5) is 27.8. The van der Waals surface area contributed by atoms with Crippen LogP contribution in [0.15, 0.2) is 103 Å². The van der Waals surface area contributed by atoms with Crippen molar-refractivity contribution in [1.29, 1.82) is 0 Å². The molecule has 7 nitrogen and oxygen atoms in total. The number of pyridine rings is 1. The molecule has 0 unspecified atom stereocenters. The van der Waals surface area contributed by atoms with E-state index in [1.165, 1.54) is 29.8 Å². The lowest BCUT2D eigenvalue weighted by atomic mass is 9.51. The van der Waals surface area contributed by atoms with Crippen LogP contribution in [0.25, 0.3) is 6.08 Å². The minimum atomic E-state index is -1.17. The Balaban J connectivity index is 1.34. The van der Waals surface area contributed by atoms with Crippen LogP contribution in [-0.2, 0) is 17.4 Å². The lowest BCUT2D eigenvalue weighted by Crippen LogP contribution is -2.50. The van der Waals surface area contributed by atoms with Crippen LogP contribution < -0.4 is 4.74 Å². The molecule has 6 rings (SSSR count). The third-order valence-corrected chi connectivity index (χ3v) is 9.12. The normalized spacial score (nSPS) is 24.0. The third kappa shape index (κ3) is 4.90. The van der Waals surface area contributed by atoms with Gasteiger partial charge in [-0.15, -0.1) is 0 Å². The van der Waals surface area contributed by atoms with Gasteiger partial charge in [-0.1, -0.05) is 55.5 Å². The van der Waals surface area contributed by atoms with Gasteiger partial charge in [0.1, 0.15) is 11.4 Å². The summed E-state index contributed by atoms with van der Waals surface area (Å²) in [6.07, 6.45) is 7.73. The Hall–Kier alpha value is -4.62. The van der Waals surface area contributed by atoms with Gasteiger partial charge in [-0.3, -0.25) is 15.1 Å². The number of aliphatic hydroxyl groups is 1. The van der Waals surface area contributed by atoms with Crippen molar-refractivity contribution in [2.75, 3.05) is 0 Å². The minimum Gasteiger partial charge on any atom is -0.423 e. The molecule has 212 valence electrons. The summed E-state index contributed by atoms with van der Waals surface area (Å²) in [5.74, 6) is 0.126. The molecule has 0 aliphatic heterocycles. The van der Waals surface area contributed by atoms with Crippen molar-refractivity contribution in [3.05, 3.63) is 141 Å². The summed E-state index contributed by atoms with van der Waals surface area (Å²) in [7, 11) is 0. The Morgan fingerprint density at radius 2 is 1.83 bits per heavy atom. The van der Waals surface area contributed by atoms with Crippen LogP contribution in [0.5, 0.6) is 5.75 Å². The van der Waals surface area contributed by atoms with Crippen LogP contribution in [-0.4, -0.2) is 21.0 Å². The molecule has 1 saturated carbocycles. The van der Waals surface area contributed by atoms with E-state index in [1.807, 2.05) is 48.5 Å². The standard InChI is InChI=1S/C35H32N2O5/c1-2-34-22-28(20-24-8-4-3-5-9-24)35(39,32-10-6-7-19-36-32)23-27(34)14-11-26-21-30(17-18-31(26)34)42-33(38)25-12-15-29(16-13-25)37(40)41/h3-10,12-13,15-21,27,39H,2,11,14,22-23H2,1H3/t27-,34-,35+/m1/s1. The summed E-state index contributed by atoms with van der Waals surface area (Å²) in [6, 6.07) is 27.1. The molecule has 0 saturated heterocycles. The summed E-state index contributed by atoms with van der Waals surface area (Å²) >= 11 is 0. The summed E-state index contributed by atoms with van der Waals surface area (Å²) in [5.41, 5.74) is 3.86. The van der Waals surface area contributed by atoms with E-state index in [0.717, 1.165) is 36.0 Å². The third-order valence-electron chi connectivity index (χ3n) is 9.12. The number of carbonyl (C=O) groups excluding carboxylic acids is 1. The number of aryl methyl sites for hydroxylation is 1. The van der Waals surface area contributed by atoms with Gasteiger partial charge in [-0.2, -0.15) is 0 Å². The summed E-state index contributed by atoms with van der Waals surface area (Å²) in [5, 5.41) is 23.3. The maximum atomic E-state index is 12.8. The molecule has 2 aliphatic rings. The SMILES string of the molecule is CC[C@@]12CC(=Cc3ccccc3)[C@](O)(c3ccccn3)C[C@H]1CCc1cc(OC(=O)c3ccc([N+](=O)[O-])cc3)ccc12. The molecule has 1 heterocycles. The highest BCUT2D eigenvalue weighted by Gasteiger charge is 2.54. The number of nitrogens with zero attached hydrogens (tertiary/aromatic N) is 2. The van der Waals surface area contributed by atoms with E-state index in [4.69, 9.17) is 4.74 Å². The van der Waals surface area contributed by atoms with E-state index in [2.05, 4.69) is 36.2 Å². The Morgan fingerprint density at radius 1 is 1.07 bits per heavy atom. The van der Waals surface area contributed by atoms with Crippen molar-refractivity contribution in [2.45, 2.75) is 50.0 Å². The van der Waals surface area contributed by atoms with Crippen LogP contribution in [0.1, 0.15) is 65.3 Å². The van der Waals surface area contributed by atoms with Gasteiger partial charge in [0.05, 0.1) is 16.2 Å². The van der Waals surface area contributed by atoms with Crippen LogP contribution in [0, 0.1) is 16.0 Å². The number of carbonyl (C=O) groups is 1. The van der Waals surface area contributed by atoms with Gasteiger partial charge in [0, 0.05) is 23.7 Å². The molecule has 42 heavy (non-hydrogen) atoms. The van der Waals surface area contributed by atoms with Crippen LogP contribution in [0.3, 0.4) is 0 Å². The highest BCUT2D eigenvalue weighted by atomic mass is 16.6. The number of non-ortho nitro benzene ring substituents is 1. The molecule has 1 fully saturated rings. The Labute approximate surface area is 244 Å². The van der Waals surface area contributed by atoms with Gasteiger partial charge in [0.2, 0.25) is 0 Å². The number of aromatic nitrogens is 1. The number of ether oxygens (including phenoxy) is 1. The fraction of sp³-hybridized carbons (Fsp3) is 0.257. The predicted octanol–water partition coefficient (Wildman–Crippen LogP) is 7.18. The number of fused-ring (bicyclic) bond motifs is 3. The zero-order valence-corrected chi connectivity index (χ0v) is 23.4. The fourth-order valence-corrected chi connectivity index (χ4v) is 6.95. The largest absolute Gasteiger partial charge is 0.423 e. The van der Waals surface area contributed by atoms with Gasteiger partial charge < -0.3 is 9.84 Å². The number of rotatable bonds is 6. The van der Waals surface area contributed by atoms with E-state index >= 15 is 0 Å². The summed E-state index contributed by atoms with van der Waals surface area (Å²) < 4.78 is 5.69. The number of esters is 1. The number of hydrogen-bond donors (Lipinski definition) is 1. The average molecular weight is 561 g/mol. The smallest absolute Gasteiger partial charge is 0.343 e. The molecule has 4 aromatic rings. The van der Waals surface area contributed by atoms with Crippen molar-refractivity contribution in [1.82, 2.24) is 4.98 Å². The zero-order valence-electron chi connectivity index (χ0n) is 23.4. The molecular formula is C35H32N2O5. The molecule has 0 spiro atoms. The van der Waals surface area contributed by atoms with Crippen molar-refractivity contribution in [3.63, 3.8) is 0 Å². The maximum Gasteiger partial charge on any atom is 0.343 e. The Bertz CT molecular complexity index is 1650. The van der Waals surface area contributed by atoms with Gasteiger partial charge in [-0.25, -0.2) is 4.79 Å².